The summed E-state index contributed by atoms with van der Waals surface area (Å²) in [5.41, 5.74) is 4.81. The van der Waals surface area contributed by atoms with E-state index in [0.717, 1.165) is 38.6 Å². The lowest BCUT2D eigenvalue weighted by atomic mass is 10.0. The minimum Gasteiger partial charge on any atom is -0.497 e. The predicted molar refractivity (Wildman–Crippen MR) is 109 cm³/mol. The Morgan fingerprint density at radius 3 is 2.68 bits per heavy atom. The Morgan fingerprint density at radius 1 is 1.20 bits per heavy atom. The number of aromatic nitrogens is 2. The number of imidazole rings is 1. The van der Waals surface area contributed by atoms with Crippen LogP contribution in [0.1, 0.15) is 21.5 Å². The highest BCUT2D eigenvalue weighted by molar-refractivity contribution is 8.93. The summed E-state index contributed by atoms with van der Waals surface area (Å²) >= 11 is 1.47. The maximum absolute atomic E-state index is 12.5. The maximum atomic E-state index is 12.5. The monoisotopic (exact) mass is 420 g/mol. The number of methoxy groups -OCH3 is 1. The highest BCUT2D eigenvalue weighted by atomic mass is 79.9. The largest absolute Gasteiger partial charge is 0.497 e. The zero-order valence-electron chi connectivity index (χ0n) is 14.7. The number of carbonyl (C=O) groups is 1. The molecule has 0 saturated carbocycles. The van der Waals surface area contributed by atoms with E-state index in [2.05, 4.69) is 4.98 Å². The lowest BCUT2D eigenvalue weighted by Crippen LogP contribution is -2.06. The SMILES string of the molecule is Br.COc1ccc2c(c1)nc(SCC(=O)c1cc(C)ccc1C)n2C. The van der Waals surface area contributed by atoms with E-state index in [1.807, 2.05) is 61.9 Å². The van der Waals surface area contributed by atoms with Gasteiger partial charge in [-0.25, -0.2) is 4.98 Å². The van der Waals surface area contributed by atoms with Crippen LogP contribution >= 0.6 is 28.7 Å². The zero-order chi connectivity index (χ0) is 17.3. The van der Waals surface area contributed by atoms with Gasteiger partial charge < -0.3 is 9.30 Å². The number of thioether (sulfide) groups is 1. The van der Waals surface area contributed by atoms with Crippen LogP contribution in [-0.4, -0.2) is 28.2 Å². The molecule has 1 aromatic heterocycles. The summed E-state index contributed by atoms with van der Waals surface area (Å²) in [6.45, 7) is 3.97. The van der Waals surface area contributed by atoms with Crippen molar-refractivity contribution in [1.82, 2.24) is 9.55 Å². The summed E-state index contributed by atoms with van der Waals surface area (Å²) in [5.74, 6) is 1.29. The van der Waals surface area contributed by atoms with E-state index in [9.17, 15) is 4.79 Å². The first-order valence-corrected chi connectivity index (χ1v) is 8.72. The van der Waals surface area contributed by atoms with Gasteiger partial charge in [0.2, 0.25) is 0 Å². The van der Waals surface area contributed by atoms with Crippen LogP contribution in [-0.2, 0) is 7.05 Å². The fourth-order valence-corrected chi connectivity index (χ4v) is 3.53. The highest BCUT2D eigenvalue weighted by Crippen LogP contribution is 2.26. The molecule has 2 aromatic carbocycles. The zero-order valence-corrected chi connectivity index (χ0v) is 17.2. The quantitative estimate of drug-likeness (QED) is 0.441. The molecule has 3 aromatic rings. The first-order valence-electron chi connectivity index (χ1n) is 7.73. The van der Waals surface area contributed by atoms with Gasteiger partial charge in [-0.3, -0.25) is 4.79 Å². The van der Waals surface area contributed by atoms with Gasteiger partial charge in [-0.2, -0.15) is 0 Å². The van der Waals surface area contributed by atoms with Crippen molar-refractivity contribution in [2.45, 2.75) is 19.0 Å². The van der Waals surface area contributed by atoms with Crippen LogP contribution in [0.2, 0.25) is 0 Å². The molecule has 0 aliphatic rings. The Labute approximate surface area is 162 Å². The van der Waals surface area contributed by atoms with Gasteiger partial charge in [0.25, 0.3) is 0 Å². The van der Waals surface area contributed by atoms with Crippen molar-refractivity contribution in [3.05, 3.63) is 53.1 Å². The van der Waals surface area contributed by atoms with Crippen molar-refractivity contribution in [2.75, 3.05) is 12.9 Å². The van der Waals surface area contributed by atoms with E-state index in [-0.39, 0.29) is 22.8 Å². The molecule has 0 spiro atoms. The molecule has 1 heterocycles. The van der Waals surface area contributed by atoms with Crippen molar-refractivity contribution in [1.29, 1.82) is 0 Å². The molecule has 4 nitrogen and oxygen atoms in total. The van der Waals surface area contributed by atoms with Gasteiger partial charge >= 0.3 is 0 Å². The van der Waals surface area contributed by atoms with Crippen LogP contribution < -0.4 is 4.74 Å². The number of hydrogen-bond donors (Lipinski definition) is 0. The average Bonchev–Trinajstić information content (AvgIpc) is 2.90. The molecule has 0 fully saturated rings. The van der Waals surface area contributed by atoms with Crippen molar-refractivity contribution >= 4 is 45.6 Å². The maximum Gasteiger partial charge on any atom is 0.173 e. The van der Waals surface area contributed by atoms with Crippen molar-refractivity contribution < 1.29 is 9.53 Å². The molecule has 6 heteroatoms. The third-order valence-electron chi connectivity index (χ3n) is 4.07. The molecule has 0 aliphatic heterocycles. The Balaban J connectivity index is 0.00000225. The Morgan fingerprint density at radius 2 is 1.96 bits per heavy atom. The topological polar surface area (TPSA) is 44.1 Å². The predicted octanol–water partition coefficient (Wildman–Crippen LogP) is 4.75. The van der Waals surface area contributed by atoms with E-state index in [0.29, 0.717) is 5.75 Å². The van der Waals surface area contributed by atoms with Gasteiger partial charge in [0.05, 0.1) is 23.9 Å². The first-order chi connectivity index (χ1) is 11.5. The van der Waals surface area contributed by atoms with Gasteiger partial charge in [-0.15, -0.1) is 17.0 Å². The van der Waals surface area contributed by atoms with E-state index in [1.165, 1.54) is 11.8 Å². The molecule has 0 unspecified atom stereocenters. The number of hydrogen-bond acceptors (Lipinski definition) is 4. The summed E-state index contributed by atoms with van der Waals surface area (Å²) < 4.78 is 7.25. The fourth-order valence-electron chi connectivity index (χ4n) is 2.66. The summed E-state index contributed by atoms with van der Waals surface area (Å²) in [7, 11) is 3.61. The molecule has 132 valence electrons. The molecule has 0 bridgehead atoms. The summed E-state index contributed by atoms with van der Waals surface area (Å²) in [4.78, 5) is 17.2. The number of ketones is 1. The fraction of sp³-hybridized carbons (Fsp3) is 0.263. The van der Waals surface area contributed by atoms with Gasteiger partial charge in [-0.05, 0) is 37.6 Å². The van der Waals surface area contributed by atoms with Gasteiger partial charge in [0, 0.05) is 18.7 Å². The van der Waals surface area contributed by atoms with E-state index >= 15 is 0 Å². The van der Waals surface area contributed by atoms with Gasteiger partial charge in [0.1, 0.15) is 5.75 Å². The Kier molecular flexibility index (Phi) is 6.30. The molecule has 0 amide bonds. The summed E-state index contributed by atoms with van der Waals surface area (Å²) in [6, 6.07) is 11.8. The number of rotatable bonds is 5. The molecule has 0 radical (unpaired) electrons. The van der Waals surface area contributed by atoms with Crippen molar-refractivity contribution in [3.63, 3.8) is 0 Å². The standard InChI is InChI=1S/C19H20N2O2S.BrH/c1-12-5-6-13(2)15(9-12)18(22)11-24-19-20-16-10-14(23-4)7-8-17(16)21(19)3;/h5-10H,11H2,1-4H3;1H. The second-order valence-electron chi connectivity index (χ2n) is 5.84. The Hall–Kier alpha value is -1.79. The molecular weight excluding hydrogens is 400 g/mol. The number of halogens is 1. The highest BCUT2D eigenvalue weighted by Gasteiger charge is 2.14. The number of fused-ring (bicyclic) bond motifs is 1. The number of benzene rings is 2. The Bertz CT molecular complexity index is 921. The lowest BCUT2D eigenvalue weighted by molar-refractivity contribution is 0.102. The van der Waals surface area contributed by atoms with E-state index in [4.69, 9.17) is 4.74 Å². The minimum atomic E-state index is 0. The van der Waals surface area contributed by atoms with Gasteiger partial charge in [0.15, 0.2) is 10.9 Å². The third kappa shape index (κ3) is 4.07. The summed E-state index contributed by atoms with van der Waals surface area (Å²) in [5, 5.41) is 0.830. The normalized spacial score (nSPS) is 10.6. The molecule has 0 N–H and O–H groups in total. The number of Topliss-reactive ketones (excluding diaryl/α,β-unsaturated/α-hetero) is 1. The van der Waals surface area contributed by atoms with E-state index in [1.54, 1.807) is 7.11 Å². The molecular formula is C19H21BrN2O2S. The first kappa shape index (κ1) is 19.5. The average molecular weight is 421 g/mol. The van der Waals surface area contributed by atoms with E-state index < -0.39 is 0 Å². The second-order valence-corrected chi connectivity index (χ2v) is 6.78. The number of nitrogens with zero attached hydrogens (tertiary/aromatic N) is 2. The third-order valence-corrected chi connectivity index (χ3v) is 5.10. The molecule has 3 rings (SSSR count). The molecule has 0 atom stereocenters. The van der Waals surface area contributed by atoms with Gasteiger partial charge in [-0.1, -0.05) is 29.5 Å². The number of ether oxygens (including phenoxy) is 1. The number of aryl methyl sites for hydroxylation is 3. The van der Waals surface area contributed by atoms with Crippen LogP contribution in [0.5, 0.6) is 5.75 Å². The van der Waals surface area contributed by atoms with Crippen LogP contribution in [0.4, 0.5) is 0 Å². The van der Waals surface area contributed by atoms with Crippen LogP contribution in [0.3, 0.4) is 0 Å². The minimum absolute atomic E-state index is 0. The van der Waals surface area contributed by atoms with Crippen molar-refractivity contribution in [2.24, 2.45) is 7.05 Å². The second kappa shape index (κ2) is 8.06. The van der Waals surface area contributed by atoms with Crippen LogP contribution in [0.25, 0.3) is 11.0 Å². The van der Waals surface area contributed by atoms with Crippen LogP contribution in [0.15, 0.2) is 41.6 Å². The van der Waals surface area contributed by atoms with Crippen molar-refractivity contribution in [3.8, 4) is 5.75 Å². The molecule has 25 heavy (non-hydrogen) atoms. The molecule has 0 saturated heterocycles. The lowest BCUT2D eigenvalue weighted by Gasteiger charge is -2.06. The smallest absolute Gasteiger partial charge is 0.173 e. The number of carbonyl (C=O) groups excluding carboxylic acids is 1. The summed E-state index contributed by atoms with van der Waals surface area (Å²) in [6.07, 6.45) is 0. The molecule has 0 aliphatic carbocycles. The van der Waals surface area contributed by atoms with Crippen LogP contribution in [0, 0.1) is 13.8 Å².